The van der Waals surface area contributed by atoms with E-state index in [1.165, 1.54) is 10.6 Å². The minimum Gasteiger partial charge on any atom is -0.245 e. The first-order valence-corrected chi connectivity index (χ1v) is 6.21. The predicted molar refractivity (Wildman–Crippen MR) is 64.1 cm³/mol. The molecule has 0 atom stereocenters. The van der Waals surface area contributed by atoms with E-state index in [2.05, 4.69) is 38.7 Å². The molecule has 0 unspecified atom stereocenters. The maximum Gasteiger partial charge on any atom is 0.107 e. The van der Waals surface area contributed by atoms with Crippen LogP contribution in [0, 0.1) is 17.2 Å². The molecule has 0 N–H and O–H groups in total. The molecule has 1 heterocycles. The largest absolute Gasteiger partial charge is 0.245 e. The number of nitrogens with zero attached hydrogens (tertiary/aromatic N) is 2. The van der Waals surface area contributed by atoms with E-state index >= 15 is 0 Å². The summed E-state index contributed by atoms with van der Waals surface area (Å²) in [4.78, 5) is 5.91. The zero-order valence-corrected chi connectivity index (χ0v) is 10.7. The highest BCUT2D eigenvalue weighted by atomic mass is 32.1. The van der Waals surface area contributed by atoms with Crippen LogP contribution in [-0.2, 0) is 12.8 Å². The molecule has 1 aromatic heterocycles. The molecule has 0 saturated heterocycles. The van der Waals surface area contributed by atoms with Gasteiger partial charge in [-0.05, 0) is 18.3 Å². The Hall–Kier alpha value is -0.880. The van der Waals surface area contributed by atoms with Gasteiger partial charge in [-0.15, -0.1) is 11.3 Å². The number of hydrogen-bond acceptors (Lipinski definition) is 3. The third-order valence-corrected chi connectivity index (χ3v) is 3.53. The second-order valence-electron chi connectivity index (χ2n) is 4.51. The van der Waals surface area contributed by atoms with E-state index in [1.54, 1.807) is 11.3 Å². The van der Waals surface area contributed by atoms with Crippen molar-refractivity contribution in [3.05, 3.63) is 15.6 Å². The van der Waals surface area contributed by atoms with Gasteiger partial charge in [0.05, 0.1) is 18.2 Å². The van der Waals surface area contributed by atoms with Gasteiger partial charge in [-0.25, -0.2) is 4.98 Å². The average Bonchev–Trinajstić information content (AvgIpc) is 2.47. The standard InChI is InChI=1S/C12H18N2S/c1-8(2)7-10-12(9(3)4)15-11(14-10)5-6-13/h8-9H,5,7H2,1-4H3. The minimum absolute atomic E-state index is 0.447. The fourth-order valence-corrected chi connectivity index (χ4v) is 2.57. The van der Waals surface area contributed by atoms with E-state index < -0.39 is 0 Å². The van der Waals surface area contributed by atoms with Crippen molar-refractivity contribution in [2.45, 2.75) is 46.5 Å². The Bertz CT molecular complexity index is 358. The lowest BCUT2D eigenvalue weighted by Crippen LogP contribution is -1.99. The Morgan fingerprint density at radius 3 is 2.47 bits per heavy atom. The van der Waals surface area contributed by atoms with Crippen LogP contribution in [0.1, 0.15) is 49.2 Å². The summed E-state index contributed by atoms with van der Waals surface area (Å²) >= 11 is 1.70. The average molecular weight is 222 g/mol. The maximum absolute atomic E-state index is 8.66. The first-order valence-electron chi connectivity index (χ1n) is 5.40. The molecule has 0 amide bonds. The Labute approximate surface area is 96.0 Å². The van der Waals surface area contributed by atoms with Crippen molar-refractivity contribution >= 4 is 11.3 Å². The van der Waals surface area contributed by atoms with Crippen LogP contribution in [0.25, 0.3) is 0 Å². The number of rotatable bonds is 4. The van der Waals surface area contributed by atoms with E-state index in [4.69, 9.17) is 5.26 Å². The SMILES string of the molecule is CC(C)Cc1nc(CC#N)sc1C(C)C. The summed E-state index contributed by atoms with van der Waals surface area (Å²) in [5.41, 5.74) is 1.20. The quantitative estimate of drug-likeness (QED) is 0.781. The van der Waals surface area contributed by atoms with E-state index in [0.29, 0.717) is 18.3 Å². The van der Waals surface area contributed by atoms with Gasteiger partial charge in [-0.1, -0.05) is 27.7 Å². The number of aromatic nitrogens is 1. The summed E-state index contributed by atoms with van der Waals surface area (Å²) in [6, 6.07) is 2.16. The van der Waals surface area contributed by atoms with Gasteiger partial charge in [0.15, 0.2) is 0 Å². The van der Waals surface area contributed by atoms with Crippen LogP contribution in [0.4, 0.5) is 0 Å². The lowest BCUT2D eigenvalue weighted by atomic mass is 10.0. The Morgan fingerprint density at radius 1 is 1.33 bits per heavy atom. The van der Waals surface area contributed by atoms with Crippen molar-refractivity contribution in [1.82, 2.24) is 4.98 Å². The van der Waals surface area contributed by atoms with Crippen LogP contribution in [-0.4, -0.2) is 4.98 Å². The van der Waals surface area contributed by atoms with Gasteiger partial charge in [0.2, 0.25) is 0 Å². The molecule has 1 aromatic rings. The van der Waals surface area contributed by atoms with Crippen LogP contribution in [0.15, 0.2) is 0 Å². The number of nitriles is 1. The van der Waals surface area contributed by atoms with Gasteiger partial charge in [-0.2, -0.15) is 5.26 Å². The van der Waals surface area contributed by atoms with E-state index in [1.807, 2.05) is 0 Å². The molecule has 3 heteroatoms. The first kappa shape index (κ1) is 12.2. The number of thiazole rings is 1. The molecule has 15 heavy (non-hydrogen) atoms. The van der Waals surface area contributed by atoms with Gasteiger partial charge < -0.3 is 0 Å². The highest BCUT2D eigenvalue weighted by molar-refractivity contribution is 7.11. The van der Waals surface area contributed by atoms with Gasteiger partial charge >= 0.3 is 0 Å². The molecule has 0 bridgehead atoms. The van der Waals surface area contributed by atoms with E-state index in [-0.39, 0.29) is 0 Å². The van der Waals surface area contributed by atoms with Crippen molar-refractivity contribution in [1.29, 1.82) is 5.26 Å². The summed E-state index contributed by atoms with van der Waals surface area (Å²) in [7, 11) is 0. The monoisotopic (exact) mass is 222 g/mol. The zero-order valence-electron chi connectivity index (χ0n) is 9.87. The third kappa shape index (κ3) is 3.32. The molecule has 2 nitrogen and oxygen atoms in total. The fourth-order valence-electron chi connectivity index (χ4n) is 1.54. The normalized spacial score (nSPS) is 11.0. The lowest BCUT2D eigenvalue weighted by molar-refractivity contribution is 0.629. The molecule has 0 aliphatic rings. The van der Waals surface area contributed by atoms with Crippen molar-refractivity contribution in [3.8, 4) is 6.07 Å². The van der Waals surface area contributed by atoms with Gasteiger partial charge in [-0.3, -0.25) is 0 Å². The van der Waals surface area contributed by atoms with Crippen molar-refractivity contribution in [2.75, 3.05) is 0 Å². The smallest absolute Gasteiger partial charge is 0.107 e. The minimum atomic E-state index is 0.447. The molecule has 1 rings (SSSR count). The Kier molecular flexibility index (Phi) is 4.28. The topological polar surface area (TPSA) is 36.7 Å². The Morgan fingerprint density at radius 2 is 2.00 bits per heavy atom. The van der Waals surface area contributed by atoms with Crippen LogP contribution in [0.2, 0.25) is 0 Å². The highest BCUT2D eigenvalue weighted by Crippen LogP contribution is 2.28. The maximum atomic E-state index is 8.66. The molecule has 0 aliphatic heterocycles. The highest BCUT2D eigenvalue weighted by Gasteiger charge is 2.14. The summed E-state index contributed by atoms with van der Waals surface area (Å²) in [5, 5.41) is 9.63. The molecule has 82 valence electrons. The van der Waals surface area contributed by atoms with Crippen LogP contribution in [0.3, 0.4) is 0 Å². The zero-order chi connectivity index (χ0) is 11.4. The molecular weight excluding hydrogens is 204 g/mol. The number of hydrogen-bond donors (Lipinski definition) is 0. The van der Waals surface area contributed by atoms with Crippen LogP contribution >= 0.6 is 11.3 Å². The summed E-state index contributed by atoms with van der Waals surface area (Å²) in [5.74, 6) is 1.14. The van der Waals surface area contributed by atoms with Gasteiger partial charge in [0.1, 0.15) is 5.01 Å². The second-order valence-corrected chi connectivity index (χ2v) is 5.62. The van der Waals surface area contributed by atoms with Crippen molar-refractivity contribution < 1.29 is 0 Å². The van der Waals surface area contributed by atoms with Crippen LogP contribution < -0.4 is 0 Å². The predicted octanol–water partition coefficient (Wildman–Crippen LogP) is 3.53. The fraction of sp³-hybridized carbons (Fsp3) is 0.667. The van der Waals surface area contributed by atoms with E-state index in [9.17, 15) is 0 Å². The van der Waals surface area contributed by atoms with Crippen LogP contribution in [0.5, 0.6) is 0 Å². The second kappa shape index (κ2) is 5.27. The summed E-state index contributed by atoms with van der Waals surface area (Å²) < 4.78 is 0. The van der Waals surface area contributed by atoms with Gasteiger partial charge in [0.25, 0.3) is 0 Å². The first-order chi connectivity index (χ1) is 7.04. The molecule has 0 fully saturated rings. The molecule has 0 radical (unpaired) electrons. The van der Waals surface area contributed by atoms with Gasteiger partial charge in [0, 0.05) is 4.88 Å². The summed E-state index contributed by atoms with van der Waals surface area (Å²) in [6.07, 6.45) is 1.47. The molecule has 0 aromatic carbocycles. The lowest BCUT2D eigenvalue weighted by Gasteiger charge is -2.06. The van der Waals surface area contributed by atoms with E-state index in [0.717, 1.165) is 11.4 Å². The van der Waals surface area contributed by atoms with Crippen molar-refractivity contribution in [2.24, 2.45) is 5.92 Å². The molecule has 0 saturated carbocycles. The molecular formula is C12H18N2S. The molecule has 0 spiro atoms. The third-order valence-electron chi connectivity index (χ3n) is 2.13. The molecule has 0 aliphatic carbocycles. The van der Waals surface area contributed by atoms with Crippen molar-refractivity contribution in [3.63, 3.8) is 0 Å². The summed E-state index contributed by atoms with van der Waals surface area (Å²) in [6.45, 7) is 8.78. The Balaban J connectivity index is 2.96.